The first-order chi connectivity index (χ1) is 20.5. The monoisotopic (exact) mass is 603 g/mol. The standard InChI is InChI=1S/C24H25NOS2.C14H28/c1-18(27)23(25-19(2)28)26-24(20-12-6-3-7-13-20,21-14-8-4-9-15-21)22-16-10-5-11-17-22;1-2-3-4-5-6-7-8-9-10-11-14-12-13-14/h3-18,23,27H,1-2H3,(H,25,28);14H,2-13H2,1H3. The Morgan fingerprint density at radius 1 is 0.762 bits per heavy atom. The van der Waals surface area contributed by atoms with Gasteiger partial charge in [0.15, 0.2) is 0 Å². The van der Waals surface area contributed by atoms with E-state index in [0.717, 1.165) is 22.6 Å². The Labute approximate surface area is 267 Å². The maximum atomic E-state index is 6.89. The lowest BCUT2D eigenvalue weighted by Crippen LogP contribution is -2.47. The lowest BCUT2D eigenvalue weighted by atomic mass is 9.80. The fraction of sp³-hybridized carbons (Fsp3) is 0.500. The minimum Gasteiger partial charge on any atom is -0.354 e. The average molecular weight is 604 g/mol. The van der Waals surface area contributed by atoms with Crippen molar-refractivity contribution in [3.63, 3.8) is 0 Å². The molecule has 1 N–H and O–H groups in total. The molecule has 2 nitrogen and oxygen atoms in total. The normalized spacial score (nSPS) is 14.4. The molecule has 0 aliphatic heterocycles. The quantitative estimate of drug-likeness (QED) is 0.0527. The summed E-state index contributed by atoms with van der Waals surface area (Å²) in [6, 6.07) is 30.9. The van der Waals surface area contributed by atoms with Gasteiger partial charge in [-0.3, -0.25) is 0 Å². The predicted molar refractivity (Wildman–Crippen MR) is 189 cm³/mol. The summed E-state index contributed by atoms with van der Waals surface area (Å²) in [5.74, 6) is 1.15. The van der Waals surface area contributed by atoms with Crippen molar-refractivity contribution in [2.24, 2.45) is 5.92 Å². The van der Waals surface area contributed by atoms with Gasteiger partial charge in [0.05, 0.1) is 4.99 Å². The van der Waals surface area contributed by atoms with E-state index in [2.05, 4.69) is 61.3 Å². The van der Waals surface area contributed by atoms with Crippen molar-refractivity contribution in [2.75, 3.05) is 0 Å². The lowest BCUT2D eigenvalue weighted by molar-refractivity contribution is -0.0527. The van der Waals surface area contributed by atoms with Gasteiger partial charge in [0.25, 0.3) is 0 Å². The highest BCUT2D eigenvalue weighted by Crippen LogP contribution is 2.41. The molecule has 0 bridgehead atoms. The molecule has 1 fully saturated rings. The molecule has 3 aromatic rings. The van der Waals surface area contributed by atoms with Crippen LogP contribution in [0.25, 0.3) is 0 Å². The van der Waals surface area contributed by atoms with Crippen molar-refractivity contribution in [3.05, 3.63) is 108 Å². The van der Waals surface area contributed by atoms with Crippen LogP contribution in [0.2, 0.25) is 0 Å². The Morgan fingerprint density at radius 3 is 1.52 bits per heavy atom. The molecule has 0 saturated heterocycles. The summed E-state index contributed by atoms with van der Waals surface area (Å²) < 4.78 is 6.89. The van der Waals surface area contributed by atoms with Gasteiger partial charge in [0.2, 0.25) is 0 Å². The van der Waals surface area contributed by atoms with Gasteiger partial charge in [-0.1, -0.05) is 187 Å². The molecule has 2 unspecified atom stereocenters. The Balaban J connectivity index is 0.000000291. The summed E-state index contributed by atoms with van der Waals surface area (Å²) in [6.45, 7) is 6.15. The summed E-state index contributed by atoms with van der Waals surface area (Å²) in [7, 11) is 0. The van der Waals surface area contributed by atoms with Crippen LogP contribution >= 0.6 is 24.8 Å². The summed E-state index contributed by atoms with van der Waals surface area (Å²) in [6.07, 6.45) is 17.5. The van der Waals surface area contributed by atoms with Crippen LogP contribution in [0.1, 0.15) is 115 Å². The topological polar surface area (TPSA) is 21.3 Å². The Kier molecular flexibility index (Phi) is 15.7. The molecule has 0 amide bonds. The van der Waals surface area contributed by atoms with Crippen molar-refractivity contribution < 1.29 is 4.74 Å². The second-order valence-electron chi connectivity index (χ2n) is 11.8. The first-order valence-corrected chi connectivity index (χ1v) is 17.2. The molecule has 1 aliphatic rings. The average Bonchev–Trinajstić information content (AvgIpc) is 3.84. The molecule has 0 aromatic heterocycles. The van der Waals surface area contributed by atoms with E-state index < -0.39 is 5.60 Å². The molecular weight excluding hydrogens is 551 g/mol. The van der Waals surface area contributed by atoms with Crippen molar-refractivity contribution in [3.8, 4) is 0 Å². The smallest absolute Gasteiger partial charge is 0.146 e. The van der Waals surface area contributed by atoms with Crippen molar-refractivity contribution in [1.29, 1.82) is 0 Å². The van der Waals surface area contributed by atoms with Crippen molar-refractivity contribution in [1.82, 2.24) is 5.32 Å². The molecule has 4 heteroatoms. The summed E-state index contributed by atoms with van der Waals surface area (Å²) in [4.78, 5) is 0.675. The Hall–Kier alpha value is -2.14. The van der Waals surface area contributed by atoms with E-state index in [9.17, 15) is 0 Å². The largest absolute Gasteiger partial charge is 0.354 e. The fourth-order valence-corrected chi connectivity index (χ4v) is 5.76. The first-order valence-electron chi connectivity index (χ1n) is 16.3. The van der Waals surface area contributed by atoms with Crippen molar-refractivity contribution >= 4 is 29.8 Å². The summed E-state index contributed by atoms with van der Waals surface area (Å²) in [5, 5.41) is 3.20. The molecule has 1 saturated carbocycles. The van der Waals surface area contributed by atoms with E-state index >= 15 is 0 Å². The van der Waals surface area contributed by atoms with Gasteiger partial charge in [-0.25, -0.2) is 0 Å². The lowest BCUT2D eigenvalue weighted by Gasteiger charge is -2.40. The van der Waals surface area contributed by atoms with E-state index in [-0.39, 0.29) is 11.5 Å². The molecule has 2 atom stereocenters. The Bertz CT molecular complexity index is 1020. The maximum absolute atomic E-state index is 6.89. The molecule has 3 aromatic carbocycles. The number of hydrogen-bond acceptors (Lipinski definition) is 3. The first kappa shape index (κ1) is 34.4. The second kappa shape index (κ2) is 19.2. The Morgan fingerprint density at radius 2 is 1.17 bits per heavy atom. The molecule has 42 heavy (non-hydrogen) atoms. The van der Waals surface area contributed by atoms with Gasteiger partial charge in [-0.15, -0.1) is 0 Å². The van der Waals surface area contributed by atoms with Crippen LogP contribution in [0.4, 0.5) is 0 Å². The van der Waals surface area contributed by atoms with Gasteiger partial charge < -0.3 is 10.1 Å². The zero-order valence-electron chi connectivity index (χ0n) is 26.1. The van der Waals surface area contributed by atoms with E-state index in [1.165, 1.54) is 77.0 Å². The second-order valence-corrected chi connectivity index (χ2v) is 13.2. The SMILES string of the molecule is CC(=S)NC(OC(c1ccccc1)(c1ccccc1)c1ccccc1)C(C)S.CCCCCCCCCCCC1CC1. The third-order valence-corrected chi connectivity index (χ3v) is 8.43. The van der Waals surface area contributed by atoms with E-state index in [0.29, 0.717) is 4.99 Å². The third-order valence-electron chi connectivity index (χ3n) is 8.04. The number of ether oxygens (including phenoxy) is 1. The molecular formula is C38H53NOS2. The van der Waals surface area contributed by atoms with E-state index in [1.807, 2.05) is 68.4 Å². The van der Waals surface area contributed by atoms with Gasteiger partial charge in [-0.05, 0) is 36.5 Å². The van der Waals surface area contributed by atoms with Gasteiger partial charge in [0, 0.05) is 5.25 Å². The molecule has 0 heterocycles. The van der Waals surface area contributed by atoms with Crippen LogP contribution in [0.5, 0.6) is 0 Å². The van der Waals surface area contributed by atoms with Crippen LogP contribution in [0.3, 0.4) is 0 Å². The number of thiocarbonyl (C=S) groups is 1. The number of benzene rings is 3. The highest BCUT2D eigenvalue weighted by atomic mass is 32.1. The number of rotatable bonds is 17. The number of unbranched alkanes of at least 4 members (excludes halogenated alkanes) is 8. The number of hydrogen-bond donors (Lipinski definition) is 2. The van der Waals surface area contributed by atoms with Crippen LogP contribution in [-0.2, 0) is 10.3 Å². The highest BCUT2D eigenvalue weighted by Gasteiger charge is 2.40. The third kappa shape index (κ3) is 11.5. The molecule has 4 rings (SSSR count). The highest BCUT2D eigenvalue weighted by molar-refractivity contribution is 7.81. The molecule has 0 radical (unpaired) electrons. The van der Waals surface area contributed by atoms with Crippen molar-refractivity contribution in [2.45, 2.75) is 115 Å². The van der Waals surface area contributed by atoms with Gasteiger partial charge >= 0.3 is 0 Å². The fourth-order valence-electron chi connectivity index (χ4n) is 5.51. The van der Waals surface area contributed by atoms with Crippen LogP contribution in [0.15, 0.2) is 91.0 Å². The predicted octanol–water partition coefficient (Wildman–Crippen LogP) is 10.9. The van der Waals surface area contributed by atoms with Crippen LogP contribution < -0.4 is 5.32 Å². The number of nitrogens with one attached hydrogen (secondary N) is 1. The minimum atomic E-state index is -0.802. The number of thiol groups is 1. The summed E-state index contributed by atoms with van der Waals surface area (Å²) >= 11 is 9.97. The van der Waals surface area contributed by atoms with Gasteiger partial charge in [0.1, 0.15) is 11.8 Å². The van der Waals surface area contributed by atoms with Gasteiger partial charge in [-0.2, -0.15) is 12.6 Å². The van der Waals surface area contributed by atoms with E-state index in [1.54, 1.807) is 0 Å². The minimum absolute atomic E-state index is 0.0755. The molecule has 0 spiro atoms. The molecule has 1 aliphatic carbocycles. The van der Waals surface area contributed by atoms with Crippen LogP contribution in [-0.4, -0.2) is 16.5 Å². The maximum Gasteiger partial charge on any atom is 0.146 e. The summed E-state index contributed by atoms with van der Waals surface area (Å²) in [5.41, 5.74) is 2.35. The zero-order chi connectivity index (χ0) is 30.0. The van der Waals surface area contributed by atoms with Crippen LogP contribution in [0, 0.1) is 5.92 Å². The molecule has 228 valence electrons. The van der Waals surface area contributed by atoms with E-state index in [4.69, 9.17) is 17.0 Å². The zero-order valence-corrected chi connectivity index (χ0v) is 27.9.